The summed E-state index contributed by atoms with van der Waals surface area (Å²) in [5.41, 5.74) is 0.248. The summed E-state index contributed by atoms with van der Waals surface area (Å²) in [4.78, 5) is 14.9. The molecule has 0 aliphatic heterocycles. The highest BCUT2D eigenvalue weighted by Gasteiger charge is 2.31. The Kier molecular flexibility index (Phi) is 3.64. The van der Waals surface area contributed by atoms with Crippen molar-refractivity contribution >= 4 is 11.8 Å². The van der Waals surface area contributed by atoms with Gasteiger partial charge in [-0.15, -0.1) is 18.3 Å². The van der Waals surface area contributed by atoms with Crippen LogP contribution in [0.4, 0.5) is 13.2 Å². The molecule has 2 aromatic heterocycles. The maximum atomic E-state index is 12.1. The van der Waals surface area contributed by atoms with Crippen LogP contribution in [0.2, 0.25) is 0 Å². The highest BCUT2D eigenvalue weighted by atomic mass is 19.4. The van der Waals surface area contributed by atoms with Gasteiger partial charge in [-0.2, -0.15) is 9.50 Å². The van der Waals surface area contributed by atoms with Gasteiger partial charge in [0.1, 0.15) is 11.4 Å². The topological polar surface area (TPSA) is 110 Å². The van der Waals surface area contributed by atoms with Gasteiger partial charge in [0.05, 0.1) is 6.61 Å². The fourth-order valence-corrected chi connectivity index (χ4v) is 2.02. The Morgan fingerprint density at radius 2 is 1.96 bits per heavy atom. The zero-order valence-corrected chi connectivity index (χ0v) is 11.6. The summed E-state index contributed by atoms with van der Waals surface area (Å²) in [6.07, 6.45) is -4.79. The summed E-state index contributed by atoms with van der Waals surface area (Å²) < 4.78 is 46.1. The maximum Gasteiger partial charge on any atom is 0.573 e. The van der Waals surface area contributed by atoms with Crippen molar-refractivity contribution in [2.45, 2.75) is 13.0 Å². The van der Waals surface area contributed by atoms with Crippen LogP contribution in [0.3, 0.4) is 0 Å². The van der Waals surface area contributed by atoms with Crippen molar-refractivity contribution in [1.29, 1.82) is 0 Å². The van der Waals surface area contributed by atoms with Crippen LogP contribution in [0.5, 0.6) is 5.75 Å². The third-order valence-corrected chi connectivity index (χ3v) is 2.98. The molecule has 0 saturated heterocycles. The van der Waals surface area contributed by atoms with E-state index in [0.717, 1.165) is 16.6 Å². The summed E-state index contributed by atoms with van der Waals surface area (Å²) in [6, 6.07) is 4.77. The monoisotopic (exact) mass is 343 g/mol. The molecule has 2 N–H and O–H groups in total. The van der Waals surface area contributed by atoms with E-state index in [-0.39, 0.29) is 17.4 Å². The van der Waals surface area contributed by atoms with Gasteiger partial charge in [-0.1, -0.05) is 0 Å². The summed E-state index contributed by atoms with van der Waals surface area (Å²) in [7, 11) is 0. The zero-order chi connectivity index (χ0) is 17.5. The van der Waals surface area contributed by atoms with E-state index in [1.165, 1.54) is 12.1 Å². The van der Waals surface area contributed by atoms with Crippen molar-refractivity contribution in [2.24, 2.45) is 0 Å². The van der Waals surface area contributed by atoms with Crippen LogP contribution in [0, 0.1) is 0 Å². The number of aliphatic hydroxyl groups excluding tert-OH is 1. The number of hydrogen-bond donors (Lipinski definition) is 2. The number of nitrogens with zero attached hydrogens (tertiary/aromatic N) is 3. The molecule has 8 nitrogen and oxygen atoms in total. The molecule has 0 atom stereocenters. The summed E-state index contributed by atoms with van der Waals surface area (Å²) in [5, 5.41) is 22.2. The molecule has 0 aliphatic carbocycles. The molecule has 11 heteroatoms. The number of fused-ring (bicyclic) bond motifs is 1. The van der Waals surface area contributed by atoms with Gasteiger partial charge >= 0.3 is 18.2 Å². The van der Waals surface area contributed by atoms with Crippen LogP contribution < -0.4 is 4.74 Å². The third-order valence-electron chi connectivity index (χ3n) is 2.98. The Morgan fingerprint density at radius 1 is 1.29 bits per heavy atom. The van der Waals surface area contributed by atoms with Crippen molar-refractivity contribution in [3.8, 4) is 17.1 Å². The number of carboxylic acids is 1. The van der Waals surface area contributed by atoms with Crippen molar-refractivity contribution in [1.82, 2.24) is 14.6 Å². The standard InChI is InChI=1S/C13H8F3N3O5/c14-13(15,16)24-7-3-1-6(2-4-7)10-17-12-19(18-10)8(5-20)9(23-12)11(21)22/h1-4,20H,5H2,(H,21,22). The minimum absolute atomic E-state index is 0.0824. The van der Waals surface area contributed by atoms with Crippen LogP contribution >= 0.6 is 0 Å². The molecule has 1 aromatic carbocycles. The SMILES string of the molecule is O=C(O)c1oc2nc(-c3ccc(OC(F)(F)F)cc3)nn2c1CO. The summed E-state index contributed by atoms with van der Waals surface area (Å²) >= 11 is 0. The second kappa shape index (κ2) is 5.53. The second-order valence-corrected chi connectivity index (χ2v) is 4.54. The fraction of sp³-hybridized carbons (Fsp3) is 0.154. The van der Waals surface area contributed by atoms with Gasteiger partial charge in [0.25, 0.3) is 0 Å². The van der Waals surface area contributed by atoms with Gasteiger partial charge in [0.15, 0.2) is 5.82 Å². The molecule has 24 heavy (non-hydrogen) atoms. The molecule has 0 amide bonds. The number of ether oxygens (including phenoxy) is 1. The van der Waals surface area contributed by atoms with Crippen LogP contribution in [0.25, 0.3) is 17.2 Å². The first-order valence-corrected chi connectivity index (χ1v) is 6.37. The first kappa shape index (κ1) is 15.8. The maximum absolute atomic E-state index is 12.1. The van der Waals surface area contributed by atoms with E-state index < -0.39 is 30.4 Å². The van der Waals surface area contributed by atoms with E-state index in [1.54, 1.807) is 0 Å². The van der Waals surface area contributed by atoms with Crippen LogP contribution in [0.1, 0.15) is 16.2 Å². The van der Waals surface area contributed by atoms with E-state index in [0.29, 0.717) is 5.56 Å². The Bertz CT molecular complexity index is 898. The molecule has 0 saturated carbocycles. The highest BCUT2D eigenvalue weighted by molar-refractivity contribution is 5.86. The number of carbonyl (C=O) groups is 1. The molecule has 0 bridgehead atoms. The average molecular weight is 343 g/mol. The van der Waals surface area contributed by atoms with Crippen molar-refractivity contribution < 1.29 is 37.3 Å². The smallest absolute Gasteiger partial charge is 0.475 e. The van der Waals surface area contributed by atoms with E-state index in [4.69, 9.17) is 9.52 Å². The molecule has 0 fully saturated rings. The normalized spacial score (nSPS) is 11.8. The first-order valence-electron chi connectivity index (χ1n) is 6.37. The Labute approximate surface area is 130 Å². The predicted molar refractivity (Wildman–Crippen MR) is 70.3 cm³/mol. The van der Waals surface area contributed by atoms with Gasteiger partial charge in [-0.05, 0) is 24.3 Å². The largest absolute Gasteiger partial charge is 0.573 e. The quantitative estimate of drug-likeness (QED) is 0.746. The Balaban J connectivity index is 1.95. The molecule has 2 heterocycles. The third kappa shape index (κ3) is 2.88. The lowest BCUT2D eigenvalue weighted by molar-refractivity contribution is -0.274. The molecule has 126 valence electrons. The van der Waals surface area contributed by atoms with Gasteiger partial charge in [0.2, 0.25) is 5.76 Å². The van der Waals surface area contributed by atoms with Gasteiger partial charge in [-0.25, -0.2) is 4.79 Å². The number of benzene rings is 1. The minimum Gasteiger partial charge on any atom is -0.475 e. The van der Waals surface area contributed by atoms with E-state index in [1.807, 2.05) is 0 Å². The molecule has 0 spiro atoms. The lowest BCUT2D eigenvalue weighted by Crippen LogP contribution is -2.16. The number of rotatable bonds is 4. The average Bonchev–Trinajstić information content (AvgIpc) is 3.03. The molecular formula is C13H8F3N3O5. The lowest BCUT2D eigenvalue weighted by atomic mass is 10.2. The number of alkyl halides is 3. The van der Waals surface area contributed by atoms with E-state index >= 15 is 0 Å². The fourth-order valence-electron chi connectivity index (χ4n) is 2.02. The Hall–Kier alpha value is -3.08. The zero-order valence-electron chi connectivity index (χ0n) is 11.6. The second-order valence-electron chi connectivity index (χ2n) is 4.54. The van der Waals surface area contributed by atoms with Crippen LogP contribution in [0.15, 0.2) is 28.7 Å². The van der Waals surface area contributed by atoms with Crippen molar-refractivity contribution in [3.05, 3.63) is 35.7 Å². The van der Waals surface area contributed by atoms with Crippen molar-refractivity contribution in [2.75, 3.05) is 0 Å². The molecule has 0 unspecified atom stereocenters. The van der Waals surface area contributed by atoms with Gasteiger partial charge < -0.3 is 19.4 Å². The molecular weight excluding hydrogens is 335 g/mol. The first-order chi connectivity index (χ1) is 11.3. The highest BCUT2D eigenvalue weighted by Crippen LogP contribution is 2.26. The molecule has 0 aliphatic rings. The molecule has 3 rings (SSSR count). The summed E-state index contributed by atoms with van der Waals surface area (Å²) in [5.74, 6) is -2.37. The number of aromatic nitrogens is 3. The number of oxazole rings is 1. The van der Waals surface area contributed by atoms with Gasteiger partial charge in [-0.3, -0.25) is 0 Å². The number of carboxylic acid groups (broad SMARTS) is 1. The number of aromatic carboxylic acids is 1. The Morgan fingerprint density at radius 3 is 2.50 bits per heavy atom. The lowest BCUT2D eigenvalue weighted by Gasteiger charge is -2.08. The molecule has 3 aromatic rings. The number of halogens is 3. The van der Waals surface area contributed by atoms with Crippen LogP contribution in [-0.4, -0.2) is 37.1 Å². The van der Waals surface area contributed by atoms with Crippen molar-refractivity contribution in [3.63, 3.8) is 0 Å². The number of aliphatic hydroxyl groups is 1. The molecule has 0 radical (unpaired) electrons. The van der Waals surface area contributed by atoms with E-state index in [9.17, 15) is 23.1 Å². The summed E-state index contributed by atoms with van der Waals surface area (Å²) in [6.45, 7) is -0.643. The van der Waals surface area contributed by atoms with E-state index in [2.05, 4.69) is 14.8 Å². The minimum atomic E-state index is -4.79. The van der Waals surface area contributed by atoms with Gasteiger partial charge in [0, 0.05) is 5.56 Å². The predicted octanol–water partition coefficient (Wildman–Crippen LogP) is 2.08. The number of hydrogen-bond acceptors (Lipinski definition) is 6. The van der Waals surface area contributed by atoms with Crippen LogP contribution in [-0.2, 0) is 6.61 Å².